The van der Waals surface area contributed by atoms with Crippen molar-refractivity contribution in [1.29, 1.82) is 5.41 Å². The molecule has 2 nitrogen and oxygen atoms in total. The summed E-state index contributed by atoms with van der Waals surface area (Å²) in [5, 5.41) is 16.2. The first kappa shape index (κ1) is 34.3. The standard InChI is InChI=1S/C55H40N2/c1-55(2)50-32-30-37-16-7-9-24-45(37)53(50)49-28-14-26-46(54(49)55)40-21-12-20-39(33-40)44-31-29-41(43-23-10-11-25-47(43)44)35-57-52(34-51(56)38-17-4-3-5-18-38)48-27-13-19-36-15-6-8-22-42(36)48/h3-35,56H,1-2H3/b52-34-,56-51?,57-35?. The summed E-state index contributed by atoms with van der Waals surface area (Å²) in [7, 11) is 0. The molecule has 0 aliphatic heterocycles. The Morgan fingerprint density at radius 2 is 1.12 bits per heavy atom. The van der Waals surface area contributed by atoms with Crippen LogP contribution in [-0.2, 0) is 5.41 Å². The van der Waals surface area contributed by atoms with Gasteiger partial charge in [-0.25, -0.2) is 0 Å². The molecule has 0 spiro atoms. The van der Waals surface area contributed by atoms with Crippen molar-refractivity contribution in [1.82, 2.24) is 0 Å². The number of benzene rings is 9. The van der Waals surface area contributed by atoms with Gasteiger partial charge in [0, 0.05) is 22.8 Å². The molecule has 2 heteroatoms. The molecule has 1 aliphatic rings. The molecule has 1 N–H and O–H groups in total. The van der Waals surface area contributed by atoms with E-state index in [4.69, 9.17) is 10.4 Å². The van der Waals surface area contributed by atoms with Gasteiger partial charge in [-0.1, -0.05) is 196 Å². The lowest BCUT2D eigenvalue weighted by molar-refractivity contribution is 0.662. The molecule has 1 aliphatic carbocycles. The Morgan fingerprint density at radius 1 is 0.509 bits per heavy atom. The minimum Gasteiger partial charge on any atom is -0.300 e. The van der Waals surface area contributed by atoms with Crippen LogP contribution in [0.15, 0.2) is 199 Å². The van der Waals surface area contributed by atoms with E-state index in [2.05, 4.69) is 172 Å². The van der Waals surface area contributed by atoms with Gasteiger partial charge in [0.25, 0.3) is 0 Å². The van der Waals surface area contributed by atoms with Crippen LogP contribution in [0, 0.1) is 5.41 Å². The molecule has 0 amide bonds. The van der Waals surface area contributed by atoms with Crippen molar-refractivity contribution < 1.29 is 0 Å². The summed E-state index contributed by atoms with van der Waals surface area (Å²) in [4.78, 5) is 5.16. The maximum absolute atomic E-state index is 9.01. The van der Waals surface area contributed by atoms with E-state index in [9.17, 15) is 0 Å². The van der Waals surface area contributed by atoms with Gasteiger partial charge in [-0.05, 0) is 94.5 Å². The number of hydrogen-bond acceptors (Lipinski definition) is 2. The second-order valence-electron chi connectivity index (χ2n) is 15.5. The average Bonchev–Trinajstić information content (AvgIpc) is 3.51. The molecular weight excluding hydrogens is 689 g/mol. The molecule has 0 aromatic heterocycles. The van der Waals surface area contributed by atoms with Gasteiger partial charge in [0.05, 0.1) is 11.4 Å². The van der Waals surface area contributed by atoms with Crippen molar-refractivity contribution in [2.75, 3.05) is 0 Å². The molecule has 0 bridgehead atoms. The lowest BCUT2D eigenvalue weighted by Gasteiger charge is -2.25. The van der Waals surface area contributed by atoms with E-state index in [1.807, 2.05) is 42.6 Å². The van der Waals surface area contributed by atoms with Gasteiger partial charge in [0.2, 0.25) is 0 Å². The Balaban J connectivity index is 1.06. The van der Waals surface area contributed by atoms with E-state index in [1.54, 1.807) is 0 Å². The zero-order chi connectivity index (χ0) is 38.5. The number of nitrogens with zero attached hydrogens (tertiary/aromatic N) is 1. The predicted molar refractivity (Wildman–Crippen MR) is 243 cm³/mol. The highest BCUT2D eigenvalue weighted by Gasteiger charge is 2.38. The number of allylic oxidation sites excluding steroid dienone is 1. The molecule has 0 fully saturated rings. The normalized spacial score (nSPS) is 13.3. The van der Waals surface area contributed by atoms with E-state index in [-0.39, 0.29) is 5.41 Å². The third-order valence-electron chi connectivity index (χ3n) is 11.8. The molecule has 0 saturated heterocycles. The van der Waals surface area contributed by atoms with Crippen LogP contribution in [0.2, 0.25) is 0 Å². The van der Waals surface area contributed by atoms with Crippen LogP contribution in [0.5, 0.6) is 0 Å². The second-order valence-corrected chi connectivity index (χ2v) is 15.5. The smallest absolute Gasteiger partial charge is 0.0729 e. The fraction of sp³-hybridized carbons (Fsp3) is 0.0545. The van der Waals surface area contributed by atoms with Gasteiger partial charge in [0.1, 0.15) is 0 Å². The van der Waals surface area contributed by atoms with Gasteiger partial charge >= 0.3 is 0 Å². The van der Waals surface area contributed by atoms with E-state index in [0.29, 0.717) is 5.71 Å². The van der Waals surface area contributed by atoms with Gasteiger partial charge in [-0.2, -0.15) is 0 Å². The number of fused-ring (bicyclic) bond motifs is 7. The molecule has 9 aromatic rings. The highest BCUT2D eigenvalue weighted by atomic mass is 14.7. The van der Waals surface area contributed by atoms with Crippen molar-refractivity contribution in [3.63, 3.8) is 0 Å². The van der Waals surface area contributed by atoms with Crippen LogP contribution in [0.4, 0.5) is 0 Å². The molecule has 0 atom stereocenters. The summed E-state index contributed by atoms with van der Waals surface area (Å²) in [6.45, 7) is 4.75. The van der Waals surface area contributed by atoms with Crippen LogP contribution < -0.4 is 0 Å². The van der Waals surface area contributed by atoms with E-state index < -0.39 is 0 Å². The maximum Gasteiger partial charge on any atom is 0.0729 e. The molecule has 10 rings (SSSR count). The lowest BCUT2D eigenvalue weighted by Crippen LogP contribution is -2.16. The molecule has 0 heterocycles. The molecule has 0 unspecified atom stereocenters. The maximum atomic E-state index is 9.01. The van der Waals surface area contributed by atoms with Crippen LogP contribution in [0.25, 0.3) is 71.4 Å². The Kier molecular flexibility index (Phi) is 8.34. The predicted octanol–water partition coefficient (Wildman–Crippen LogP) is 14.3. The first-order valence-corrected chi connectivity index (χ1v) is 19.6. The number of aliphatic imine (C=N–C) groups is 1. The minimum atomic E-state index is -0.145. The first-order chi connectivity index (χ1) is 28.0. The molecule has 57 heavy (non-hydrogen) atoms. The third-order valence-corrected chi connectivity index (χ3v) is 11.8. The van der Waals surface area contributed by atoms with E-state index >= 15 is 0 Å². The number of nitrogens with one attached hydrogen (secondary N) is 1. The van der Waals surface area contributed by atoms with Gasteiger partial charge in [-0.15, -0.1) is 0 Å². The molecule has 270 valence electrons. The topological polar surface area (TPSA) is 36.2 Å². The second kappa shape index (κ2) is 13.8. The highest BCUT2D eigenvalue weighted by Crippen LogP contribution is 2.54. The Morgan fingerprint density at radius 3 is 1.93 bits per heavy atom. The number of hydrogen-bond donors (Lipinski definition) is 1. The minimum absolute atomic E-state index is 0.145. The fourth-order valence-corrected chi connectivity index (χ4v) is 9.04. The van der Waals surface area contributed by atoms with Crippen LogP contribution in [-0.4, -0.2) is 11.9 Å². The molecule has 0 saturated carbocycles. The molecule has 9 aromatic carbocycles. The zero-order valence-corrected chi connectivity index (χ0v) is 32.0. The highest BCUT2D eigenvalue weighted by molar-refractivity contribution is 6.13. The first-order valence-electron chi connectivity index (χ1n) is 19.6. The van der Waals surface area contributed by atoms with Gasteiger partial charge < -0.3 is 5.41 Å². The lowest BCUT2D eigenvalue weighted by atomic mass is 9.78. The van der Waals surface area contributed by atoms with Crippen LogP contribution in [0.1, 0.15) is 41.7 Å². The summed E-state index contributed by atoms with van der Waals surface area (Å²) in [6, 6.07) is 66.8. The summed E-state index contributed by atoms with van der Waals surface area (Å²) in [5.41, 5.74) is 14.2. The summed E-state index contributed by atoms with van der Waals surface area (Å²) >= 11 is 0. The Hall–Kier alpha value is -7.16. The molecular formula is C55H40N2. The fourth-order valence-electron chi connectivity index (χ4n) is 9.04. The van der Waals surface area contributed by atoms with Crippen molar-refractivity contribution >= 4 is 49.9 Å². The average molecular weight is 729 g/mol. The van der Waals surface area contributed by atoms with Gasteiger partial charge in [0.15, 0.2) is 0 Å². The summed E-state index contributed by atoms with van der Waals surface area (Å²) in [6.07, 6.45) is 3.85. The van der Waals surface area contributed by atoms with E-state index in [1.165, 1.54) is 60.7 Å². The largest absolute Gasteiger partial charge is 0.300 e. The SMILES string of the molecule is CC1(C)c2ccc3ccccc3c2-c2cccc(-c3cccc(-c4ccc(C=N/C(=C\C(=N)c5ccccc5)c5cccc6ccccc56)c5ccccc45)c3)c21. The van der Waals surface area contributed by atoms with Crippen LogP contribution >= 0.6 is 0 Å². The number of rotatable bonds is 7. The van der Waals surface area contributed by atoms with Crippen LogP contribution in [0.3, 0.4) is 0 Å². The zero-order valence-electron chi connectivity index (χ0n) is 32.0. The van der Waals surface area contributed by atoms with Crippen molar-refractivity contribution in [3.8, 4) is 33.4 Å². The van der Waals surface area contributed by atoms with E-state index in [0.717, 1.165) is 38.5 Å². The van der Waals surface area contributed by atoms with Crippen molar-refractivity contribution in [2.45, 2.75) is 19.3 Å². The monoisotopic (exact) mass is 728 g/mol. The molecule has 0 radical (unpaired) electrons. The Labute approximate surface area is 333 Å². The summed E-state index contributed by atoms with van der Waals surface area (Å²) in [5.74, 6) is 0. The van der Waals surface area contributed by atoms with Crippen molar-refractivity contribution in [3.05, 3.63) is 222 Å². The van der Waals surface area contributed by atoms with Crippen molar-refractivity contribution in [2.24, 2.45) is 4.99 Å². The third kappa shape index (κ3) is 5.89. The summed E-state index contributed by atoms with van der Waals surface area (Å²) < 4.78 is 0. The van der Waals surface area contributed by atoms with Gasteiger partial charge in [-0.3, -0.25) is 4.99 Å². The Bertz CT molecular complexity index is 3100. The quantitative estimate of drug-likeness (QED) is 0.159.